The molecule has 0 bridgehead atoms. The number of nitrogens with one attached hydrogen (secondary N) is 1. The highest BCUT2D eigenvalue weighted by Crippen LogP contribution is 2.28. The minimum absolute atomic E-state index is 0.283. The van der Waals surface area contributed by atoms with Gasteiger partial charge in [-0.15, -0.1) is 11.3 Å². The maximum absolute atomic E-state index is 12.8. The summed E-state index contributed by atoms with van der Waals surface area (Å²) in [5, 5.41) is 3.53. The van der Waals surface area contributed by atoms with Crippen LogP contribution in [0.5, 0.6) is 5.75 Å². The number of aromatic nitrogens is 4. The van der Waals surface area contributed by atoms with Crippen LogP contribution in [0.2, 0.25) is 0 Å². The lowest BCUT2D eigenvalue weighted by molar-refractivity contribution is 0.102. The number of thiazole rings is 1. The Balaban J connectivity index is 1.51. The number of carbonyl (C=O) groups is 1. The maximum Gasteiger partial charge on any atom is 0.268 e. The van der Waals surface area contributed by atoms with Crippen LogP contribution < -0.4 is 10.1 Å². The van der Waals surface area contributed by atoms with E-state index in [1.165, 1.54) is 11.3 Å². The van der Waals surface area contributed by atoms with Crippen molar-refractivity contribution in [3.63, 3.8) is 0 Å². The quantitative estimate of drug-likeness (QED) is 0.520. The van der Waals surface area contributed by atoms with Crippen molar-refractivity contribution in [2.75, 3.05) is 5.32 Å². The summed E-state index contributed by atoms with van der Waals surface area (Å²) in [5.41, 5.74) is 2.35. The van der Waals surface area contributed by atoms with Crippen molar-refractivity contribution in [2.24, 2.45) is 0 Å². The van der Waals surface area contributed by atoms with Crippen molar-refractivity contribution < 1.29 is 9.53 Å². The second kappa shape index (κ2) is 8.57. The molecule has 0 unspecified atom stereocenters. The summed E-state index contributed by atoms with van der Waals surface area (Å²) in [6.07, 6.45) is 6.71. The number of ether oxygens (including phenoxy) is 1. The number of rotatable bonds is 6. The van der Waals surface area contributed by atoms with E-state index < -0.39 is 0 Å². The van der Waals surface area contributed by atoms with Gasteiger partial charge in [0.05, 0.1) is 11.4 Å². The molecule has 0 fully saturated rings. The molecule has 4 rings (SSSR count). The van der Waals surface area contributed by atoms with Crippen LogP contribution in [0, 0.1) is 6.92 Å². The molecule has 4 heterocycles. The molecule has 0 spiro atoms. The van der Waals surface area contributed by atoms with Gasteiger partial charge in [0, 0.05) is 24.8 Å². The minimum atomic E-state index is -0.283. The van der Waals surface area contributed by atoms with Gasteiger partial charge >= 0.3 is 0 Å². The van der Waals surface area contributed by atoms with Crippen LogP contribution >= 0.6 is 11.3 Å². The first kappa shape index (κ1) is 18.7. The summed E-state index contributed by atoms with van der Waals surface area (Å²) < 4.78 is 5.84. The highest BCUT2D eigenvalue weighted by Gasteiger charge is 2.18. The van der Waals surface area contributed by atoms with Gasteiger partial charge in [0.2, 0.25) is 0 Å². The van der Waals surface area contributed by atoms with Crippen LogP contribution in [0.25, 0.3) is 10.7 Å². The van der Waals surface area contributed by atoms with Crippen molar-refractivity contribution >= 4 is 23.1 Å². The molecule has 4 aromatic rings. The molecule has 29 heavy (non-hydrogen) atoms. The molecule has 8 heteroatoms. The summed E-state index contributed by atoms with van der Waals surface area (Å²) in [6, 6.07) is 12.9. The summed E-state index contributed by atoms with van der Waals surface area (Å²) in [4.78, 5) is 30.4. The van der Waals surface area contributed by atoms with Gasteiger partial charge in [-0.2, -0.15) is 0 Å². The summed E-state index contributed by atoms with van der Waals surface area (Å²) in [5.74, 6) is 0.568. The lowest BCUT2D eigenvalue weighted by Crippen LogP contribution is -2.13. The molecule has 1 N–H and O–H groups in total. The third-order valence-corrected chi connectivity index (χ3v) is 5.21. The fourth-order valence-electron chi connectivity index (χ4n) is 2.61. The number of pyridine rings is 3. The van der Waals surface area contributed by atoms with Gasteiger partial charge in [0.15, 0.2) is 11.6 Å². The molecule has 0 aromatic carbocycles. The largest absolute Gasteiger partial charge is 0.485 e. The third-order valence-electron chi connectivity index (χ3n) is 4.03. The molecule has 7 nitrogen and oxygen atoms in total. The molecule has 0 saturated carbocycles. The van der Waals surface area contributed by atoms with E-state index >= 15 is 0 Å². The van der Waals surface area contributed by atoms with Gasteiger partial charge in [0.1, 0.15) is 16.5 Å². The van der Waals surface area contributed by atoms with Gasteiger partial charge in [-0.25, -0.2) is 9.97 Å². The highest BCUT2D eigenvalue weighted by molar-refractivity contribution is 7.17. The fourth-order valence-corrected chi connectivity index (χ4v) is 3.55. The van der Waals surface area contributed by atoms with Crippen LogP contribution in [0.3, 0.4) is 0 Å². The lowest BCUT2D eigenvalue weighted by Gasteiger charge is -2.11. The predicted octanol–water partition coefficient (Wildman–Crippen LogP) is 4.13. The monoisotopic (exact) mass is 403 g/mol. The van der Waals surface area contributed by atoms with Crippen LogP contribution in [0.4, 0.5) is 5.82 Å². The van der Waals surface area contributed by atoms with Gasteiger partial charge in [-0.1, -0.05) is 6.07 Å². The predicted molar refractivity (Wildman–Crippen MR) is 111 cm³/mol. The van der Waals surface area contributed by atoms with Crippen molar-refractivity contribution in [1.82, 2.24) is 19.9 Å². The Morgan fingerprint density at radius 1 is 1.03 bits per heavy atom. The van der Waals surface area contributed by atoms with E-state index in [-0.39, 0.29) is 5.91 Å². The normalized spacial score (nSPS) is 10.5. The average Bonchev–Trinajstić information content (AvgIpc) is 3.16. The van der Waals surface area contributed by atoms with E-state index in [4.69, 9.17) is 4.74 Å². The molecule has 4 aromatic heterocycles. The third kappa shape index (κ3) is 4.44. The molecule has 0 aliphatic heterocycles. The van der Waals surface area contributed by atoms with E-state index in [0.717, 1.165) is 11.3 Å². The second-order valence-corrected chi connectivity index (χ2v) is 7.10. The number of carbonyl (C=O) groups excluding carboxylic acids is 1. The number of nitrogens with zero attached hydrogens (tertiary/aromatic N) is 4. The number of amides is 1. The zero-order chi connectivity index (χ0) is 20.1. The Hall–Kier alpha value is -3.65. The van der Waals surface area contributed by atoms with Gasteiger partial charge < -0.3 is 10.1 Å². The minimum Gasteiger partial charge on any atom is -0.485 e. The highest BCUT2D eigenvalue weighted by atomic mass is 32.1. The number of aryl methyl sites for hydroxylation is 1. The van der Waals surface area contributed by atoms with E-state index in [1.54, 1.807) is 43.8 Å². The number of hydrogen-bond donors (Lipinski definition) is 1. The number of hydrogen-bond acceptors (Lipinski definition) is 7. The van der Waals surface area contributed by atoms with Crippen molar-refractivity contribution in [3.8, 4) is 16.5 Å². The molecule has 0 radical (unpaired) electrons. The first-order chi connectivity index (χ1) is 14.2. The topological polar surface area (TPSA) is 89.9 Å². The number of anilines is 1. The van der Waals surface area contributed by atoms with Gasteiger partial charge in [-0.3, -0.25) is 14.8 Å². The van der Waals surface area contributed by atoms with E-state index in [9.17, 15) is 4.79 Å². The molecule has 0 aliphatic carbocycles. The zero-order valence-corrected chi connectivity index (χ0v) is 16.4. The second-order valence-electron chi connectivity index (χ2n) is 6.10. The van der Waals surface area contributed by atoms with Crippen LogP contribution in [-0.2, 0) is 6.61 Å². The average molecular weight is 403 g/mol. The summed E-state index contributed by atoms with van der Waals surface area (Å²) >= 11 is 1.29. The molecular formula is C21H17N5O2S. The van der Waals surface area contributed by atoms with Crippen LogP contribution in [0.1, 0.15) is 20.9 Å². The van der Waals surface area contributed by atoms with E-state index in [0.29, 0.717) is 33.8 Å². The van der Waals surface area contributed by atoms with Crippen molar-refractivity contribution in [1.29, 1.82) is 0 Å². The molecule has 0 aliphatic rings. The fraction of sp³-hybridized carbons (Fsp3) is 0.0952. The van der Waals surface area contributed by atoms with Crippen molar-refractivity contribution in [2.45, 2.75) is 13.5 Å². The van der Waals surface area contributed by atoms with Crippen LogP contribution in [-0.4, -0.2) is 25.8 Å². The van der Waals surface area contributed by atoms with Crippen molar-refractivity contribution in [3.05, 3.63) is 83.4 Å². The Bertz CT molecular complexity index is 1120. The maximum atomic E-state index is 12.8. The zero-order valence-electron chi connectivity index (χ0n) is 15.6. The SMILES string of the molecule is Cc1nc(-c2ccccn2)sc1C(=O)Nc1ncccc1OCc1ccncc1. The first-order valence-electron chi connectivity index (χ1n) is 8.87. The van der Waals surface area contributed by atoms with E-state index in [2.05, 4.69) is 25.3 Å². The molecule has 0 atom stereocenters. The lowest BCUT2D eigenvalue weighted by atomic mass is 10.3. The standard InChI is InChI=1S/C21H17N5O2S/c1-14-18(29-21(25-14)16-5-2-3-9-23-16)20(27)26-19-17(6-4-10-24-19)28-13-15-7-11-22-12-8-15/h2-12H,13H2,1H3,(H,24,26,27). The molecule has 1 amide bonds. The summed E-state index contributed by atoms with van der Waals surface area (Å²) in [7, 11) is 0. The smallest absolute Gasteiger partial charge is 0.268 e. The summed E-state index contributed by atoms with van der Waals surface area (Å²) in [6.45, 7) is 2.15. The van der Waals surface area contributed by atoms with Gasteiger partial charge in [-0.05, 0) is 48.9 Å². The Morgan fingerprint density at radius 2 is 1.86 bits per heavy atom. The van der Waals surface area contributed by atoms with Crippen LogP contribution in [0.15, 0.2) is 67.3 Å². The van der Waals surface area contributed by atoms with E-state index in [1.807, 2.05) is 30.3 Å². The first-order valence-corrected chi connectivity index (χ1v) is 9.69. The molecule has 144 valence electrons. The molecule has 0 saturated heterocycles. The van der Waals surface area contributed by atoms with Gasteiger partial charge in [0.25, 0.3) is 5.91 Å². The Morgan fingerprint density at radius 3 is 2.66 bits per heavy atom. The Labute approximate surface area is 171 Å². The molecular weight excluding hydrogens is 386 g/mol. The Kier molecular flexibility index (Phi) is 5.53.